The molecule has 2 rings (SSSR count). The van der Waals surface area contributed by atoms with Gasteiger partial charge in [-0.1, -0.05) is 13.8 Å². The molecule has 4 heteroatoms. The third-order valence-corrected chi connectivity index (χ3v) is 3.52. The van der Waals surface area contributed by atoms with Gasteiger partial charge in [-0.25, -0.2) is 0 Å². The van der Waals surface area contributed by atoms with Gasteiger partial charge in [-0.2, -0.15) is 0 Å². The molecule has 1 aliphatic heterocycles. The molecular formula is C9H14N2OS. The van der Waals surface area contributed by atoms with Crippen LogP contribution in [0.15, 0.2) is 4.42 Å². The van der Waals surface area contributed by atoms with E-state index in [0.717, 1.165) is 11.8 Å². The Labute approximate surface area is 82.3 Å². The van der Waals surface area contributed by atoms with Gasteiger partial charge in [0.1, 0.15) is 0 Å². The van der Waals surface area contributed by atoms with E-state index < -0.39 is 0 Å². The van der Waals surface area contributed by atoms with Crippen LogP contribution >= 0.6 is 11.8 Å². The summed E-state index contributed by atoms with van der Waals surface area (Å²) in [5.74, 6) is 3.16. The van der Waals surface area contributed by atoms with Gasteiger partial charge in [0, 0.05) is 5.92 Å². The van der Waals surface area contributed by atoms with Gasteiger partial charge in [0.05, 0.1) is 5.25 Å². The van der Waals surface area contributed by atoms with Crippen molar-refractivity contribution in [2.75, 3.05) is 5.75 Å². The maximum Gasteiger partial charge on any atom is 0.229 e. The second kappa shape index (κ2) is 3.70. The lowest BCUT2D eigenvalue weighted by atomic mass is 10.2. The monoisotopic (exact) mass is 198 g/mol. The van der Waals surface area contributed by atoms with Gasteiger partial charge in [-0.05, 0) is 18.6 Å². The lowest BCUT2D eigenvalue weighted by Crippen LogP contribution is -1.87. The fourth-order valence-corrected chi connectivity index (χ4v) is 2.57. The van der Waals surface area contributed by atoms with Crippen molar-refractivity contribution in [3.63, 3.8) is 0 Å². The molecule has 0 amide bonds. The average Bonchev–Trinajstić information content (AvgIpc) is 2.75. The molecule has 1 aliphatic rings. The fraction of sp³-hybridized carbons (Fsp3) is 0.778. The summed E-state index contributed by atoms with van der Waals surface area (Å²) in [4.78, 5) is 0. The Morgan fingerprint density at radius 3 is 2.85 bits per heavy atom. The highest BCUT2D eigenvalue weighted by Crippen LogP contribution is 2.39. The molecule has 0 aromatic carbocycles. The number of hydrogen-bond donors (Lipinski definition) is 0. The molecule has 72 valence electrons. The second-order valence-corrected chi connectivity index (χ2v) is 4.95. The Morgan fingerprint density at radius 1 is 1.46 bits per heavy atom. The largest absolute Gasteiger partial charge is 0.424 e. The number of thioether (sulfide) groups is 1. The molecule has 3 nitrogen and oxygen atoms in total. The predicted molar refractivity (Wildman–Crippen MR) is 52.8 cm³/mol. The van der Waals surface area contributed by atoms with Crippen LogP contribution in [0.2, 0.25) is 0 Å². The summed E-state index contributed by atoms with van der Waals surface area (Å²) in [6.45, 7) is 4.14. The van der Waals surface area contributed by atoms with E-state index in [9.17, 15) is 0 Å². The maximum absolute atomic E-state index is 5.59. The van der Waals surface area contributed by atoms with Crippen LogP contribution in [0, 0.1) is 0 Å². The first-order valence-corrected chi connectivity index (χ1v) is 5.77. The summed E-state index contributed by atoms with van der Waals surface area (Å²) in [5, 5.41) is 8.57. The maximum atomic E-state index is 5.59. The van der Waals surface area contributed by atoms with Crippen molar-refractivity contribution in [3.8, 4) is 0 Å². The molecule has 2 heterocycles. The highest BCUT2D eigenvalue weighted by molar-refractivity contribution is 7.99. The van der Waals surface area contributed by atoms with Crippen molar-refractivity contribution in [1.82, 2.24) is 10.2 Å². The van der Waals surface area contributed by atoms with E-state index in [-0.39, 0.29) is 0 Å². The Morgan fingerprint density at radius 2 is 2.31 bits per heavy atom. The normalized spacial score (nSPS) is 22.8. The molecule has 1 unspecified atom stereocenters. The molecular weight excluding hydrogens is 184 g/mol. The molecule has 0 radical (unpaired) electrons. The van der Waals surface area contributed by atoms with Crippen LogP contribution in [0.1, 0.15) is 49.6 Å². The predicted octanol–water partition coefficient (Wildman–Crippen LogP) is 2.76. The zero-order valence-electron chi connectivity index (χ0n) is 7.99. The van der Waals surface area contributed by atoms with E-state index in [4.69, 9.17) is 4.42 Å². The van der Waals surface area contributed by atoms with Crippen LogP contribution in [0.4, 0.5) is 0 Å². The first kappa shape index (κ1) is 9.06. The number of aromatic nitrogens is 2. The lowest BCUT2D eigenvalue weighted by molar-refractivity contribution is 0.427. The van der Waals surface area contributed by atoms with Gasteiger partial charge in [-0.3, -0.25) is 0 Å². The van der Waals surface area contributed by atoms with Gasteiger partial charge in [-0.15, -0.1) is 22.0 Å². The van der Waals surface area contributed by atoms with E-state index in [1.165, 1.54) is 18.6 Å². The fourth-order valence-electron chi connectivity index (χ4n) is 1.38. The highest BCUT2D eigenvalue weighted by Gasteiger charge is 2.23. The Kier molecular flexibility index (Phi) is 2.58. The number of rotatable bonds is 2. The Hall–Kier alpha value is -0.510. The van der Waals surface area contributed by atoms with E-state index in [1.54, 1.807) is 0 Å². The molecule has 1 atom stereocenters. The van der Waals surface area contributed by atoms with Crippen LogP contribution in [0.5, 0.6) is 0 Å². The van der Waals surface area contributed by atoms with Crippen LogP contribution in [0.25, 0.3) is 0 Å². The molecule has 1 aromatic rings. The van der Waals surface area contributed by atoms with Crippen molar-refractivity contribution in [1.29, 1.82) is 0 Å². The van der Waals surface area contributed by atoms with E-state index >= 15 is 0 Å². The topological polar surface area (TPSA) is 38.9 Å². The molecule has 0 bridgehead atoms. The van der Waals surface area contributed by atoms with Crippen LogP contribution < -0.4 is 0 Å². The minimum absolute atomic E-state index is 0.340. The molecule has 0 spiro atoms. The lowest BCUT2D eigenvalue weighted by Gasteiger charge is -2.00. The smallest absolute Gasteiger partial charge is 0.229 e. The quantitative estimate of drug-likeness (QED) is 0.732. The minimum Gasteiger partial charge on any atom is -0.424 e. The van der Waals surface area contributed by atoms with Gasteiger partial charge < -0.3 is 4.42 Å². The van der Waals surface area contributed by atoms with Crippen molar-refractivity contribution >= 4 is 11.8 Å². The molecule has 0 aliphatic carbocycles. The van der Waals surface area contributed by atoms with E-state index in [2.05, 4.69) is 24.0 Å². The van der Waals surface area contributed by atoms with Gasteiger partial charge >= 0.3 is 0 Å². The summed E-state index contributed by atoms with van der Waals surface area (Å²) in [5.41, 5.74) is 0. The molecule has 1 fully saturated rings. The number of hydrogen-bond acceptors (Lipinski definition) is 4. The molecule has 0 N–H and O–H groups in total. The van der Waals surface area contributed by atoms with Crippen molar-refractivity contribution in [2.45, 2.75) is 37.9 Å². The van der Waals surface area contributed by atoms with Gasteiger partial charge in [0.2, 0.25) is 11.8 Å². The Bertz CT molecular complexity index is 279. The van der Waals surface area contributed by atoms with Crippen molar-refractivity contribution < 1.29 is 4.42 Å². The minimum atomic E-state index is 0.340. The van der Waals surface area contributed by atoms with Crippen LogP contribution in [-0.2, 0) is 0 Å². The summed E-state index contributed by atoms with van der Waals surface area (Å²) in [6.07, 6.45) is 2.46. The van der Waals surface area contributed by atoms with Gasteiger partial charge in [0.15, 0.2) is 0 Å². The SMILES string of the molecule is CC(C)c1nnc(C2CCCS2)o1. The second-order valence-electron chi connectivity index (χ2n) is 3.63. The number of nitrogens with zero attached hydrogens (tertiary/aromatic N) is 2. The van der Waals surface area contributed by atoms with Crippen molar-refractivity contribution in [3.05, 3.63) is 11.8 Å². The van der Waals surface area contributed by atoms with Crippen LogP contribution in [0.3, 0.4) is 0 Å². The Balaban J connectivity index is 2.12. The molecule has 1 saturated heterocycles. The summed E-state index contributed by atoms with van der Waals surface area (Å²) in [6, 6.07) is 0. The summed E-state index contributed by atoms with van der Waals surface area (Å²) < 4.78 is 5.59. The first-order valence-electron chi connectivity index (χ1n) is 4.72. The molecule has 1 aromatic heterocycles. The van der Waals surface area contributed by atoms with Gasteiger partial charge in [0.25, 0.3) is 0 Å². The summed E-state index contributed by atoms with van der Waals surface area (Å²) in [7, 11) is 0. The highest BCUT2D eigenvalue weighted by atomic mass is 32.2. The van der Waals surface area contributed by atoms with Crippen LogP contribution in [-0.4, -0.2) is 16.0 Å². The van der Waals surface area contributed by atoms with E-state index in [1.807, 2.05) is 11.8 Å². The zero-order valence-corrected chi connectivity index (χ0v) is 8.80. The van der Waals surface area contributed by atoms with Crippen molar-refractivity contribution in [2.24, 2.45) is 0 Å². The molecule has 13 heavy (non-hydrogen) atoms. The third-order valence-electron chi connectivity index (χ3n) is 2.16. The standard InChI is InChI=1S/C9H14N2OS/c1-6(2)8-10-11-9(12-8)7-4-3-5-13-7/h6-7H,3-5H2,1-2H3. The average molecular weight is 198 g/mol. The third kappa shape index (κ3) is 1.88. The first-order chi connectivity index (χ1) is 6.27. The summed E-state index contributed by atoms with van der Waals surface area (Å²) >= 11 is 1.92. The van der Waals surface area contributed by atoms with E-state index in [0.29, 0.717) is 11.2 Å². The zero-order chi connectivity index (χ0) is 9.26. The molecule has 0 saturated carbocycles.